The maximum absolute atomic E-state index is 12.9. The van der Waals surface area contributed by atoms with Gasteiger partial charge in [-0.1, -0.05) is 24.3 Å². The normalized spacial score (nSPS) is 11.5. The lowest BCUT2D eigenvalue weighted by molar-refractivity contribution is -0.110. The Morgan fingerprint density at radius 3 is 1.72 bits per heavy atom. The van der Waals surface area contributed by atoms with Gasteiger partial charge in [-0.2, -0.15) is 0 Å². The smallest absolute Gasteiger partial charge is 0.505 e. The molecule has 0 bridgehead atoms. The number of methoxy groups -OCH3 is 4. The average Bonchev–Trinajstić information content (AvgIpc) is 2.79. The fourth-order valence-corrected chi connectivity index (χ4v) is 2.84. The average molecular weight is 444 g/mol. The van der Waals surface area contributed by atoms with Crippen LogP contribution in [0, 0.1) is 0 Å². The van der Waals surface area contributed by atoms with Gasteiger partial charge in [-0.05, 0) is 36.4 Å². The van der Waals surface area contributed by atoms with Crippen LogP contribution in [0.2, 0.25) is 0 Å². The second kappa shape index (κ2) is 12.2. The first kappa shape index (κ1) is 24.5. The summed E-state index contributed by atoms with van der Waals surface area (Å²) in [6.07, 6.45) is 6.40. The molecule has 0 fully saturated rings. The number of hydrogen-bond acceptors (Lipinski definition) is 6. The summed E-state index contributed by atoms with van der Waals surface area (Å²) < 4.78 is 51.2. The maximum atomic E-state index is 12.9. The predicted octanol–water partition coefficient (Wildman–Crippen LogP) is 4.84. The first-order chi connectivity index (χ1) is 15.4. The molecule has 0 saturated heterocycles. The molecule has 0 saturated carbocycles. The van der Waals surface area contributed by atoms with Crippen molar-refractivity contribution >= 4 is 25.4 Å². The number of carbonyl (C=O) groups excluding carboxylic acids is 1. The van der Waals surface area contributed by atoms with E-state index >= 15 is 0 Å². The molecule has 0 aliphatic rings. The lowest BCUT2D eigenvalue weighted by Crippen LogP contribution is -2.05. The van der Waals surface area contributed by atoms with Crippen LogP contribution in [0.3, 0.4) is 0 Å². The molecule has 0 unspecified atom stereocenters. The number of halogens is 2. The van der Waals surface area contributed by atoms with Crippen molar-refractivity contribution in [2.24, 2.45) is 0 Å². The number of ether oxygens (including phenoxy) is 4. The molecular weight excluding hydrogens is 421 g/mol. The molecule has 2 aromatic rings. The molecule has 0 radical (unpaired) electrons. The number of hydrogen-bond donors (Lipinski definition) is 0. The van der Waals surface area contributed by atoms with Crippen molar-refractivity contribution in [3.05, 3.63) is 71.5 Å². The first-order valence-electron chi connectivity index (χ1n) is 9.42. The summed E-state index contributed by atoms with van der Waals surface area (Å²) in [5.41, 5.74) is 1.14. The van der Waals surface area contributed by atoms with Gasteiger partial charge in [-0.25, -0.2) is 8.63 Å². The van der Waals surface area contributed by atoms with Crippen molar-refractivity contribution in [2.45, 2.75) is 0 Å². The van der Waals surface area contributed by atoms with E-state index in [1.807, 2.05) is 0 Å². The molecule has 168 valence electrons. The summed E-state index contributed by atoms with van der Waals surface area (Å²) in [7, 11) is 2.81. The van der Waals surface area contributed by atoms with E-state index in [4.69, 9.17) is 18.9 Å². The summed E-state index contributed by atoms with van der Waals surface area (Å²) in [6, 6.07) is 10.3. The number of allylic oxidation sites excluding steroid dienone is 3. The Bertz CT molecular complexity index is 1020. The minimum Gasteiger partial charge on any atom is -0.505 e. The molecule has 9 heteroatoms. The van der Waals surface area contributed by atoms with Crippen LogP contribution in [0.1, 0.15) is 11.1 Å². The molecule has 6 nitrogen and oxygen atoms in total. The van der Waals surface area contributed by atoms with Crippen LogP contribution in [0.25, 0.3) is 12.2 Å². The van der Waals surface area contributed by atoms with Crippen LogP contribution < -0.4 is 18.9 Å². The highest BCUT2D eigenvalue weighted by atomic mass is 19.2. The van der Waals surface area contributed by atoms with Crippen LogP contribution in [0.5, 0.6) is 23.0 Å². The number of rotatable bonds is 11. The topological polar surface area (TPSA) is 63.2 Å². The molecule has 0 heterocycles. The van der Waals surface area contributed by atoms with Crippen molar-refractivity contribution in [3.8, 4) is 23.0 Å². The summed E-state index contributed by atoms with van der Waals surface area (Å²) >= 11 is 0. The molecule has 32 heavy (non-hydrogen) atoms. The predicted molar refractivity (Wildman–Crippen MR) is 119 cm³/mol. The van der Waals surface area contributed by atoms with Gasteiger partial charge in [0.1, 0.15) is 5.76 Å². The van der Waals surface area contributed by atoms with Gasteiger partial charge in [0.2, 0.25) is 0 Å². The minimum absolute atomic E-state index is 0.322. The highest BCUT2D eigenvalue weighted by Gasteiger charge is 2.19. The number of benzene rings is 2. The van der Waals surface area contributed by atoms with Crippen LogP contribution in [-0.4, -0.2) is 41.7 Å². The van der Waals surface area contributed by atoms with E-state index in [1.54, 1.807) is 36.4 Å². The van der Waals surface area contributed by atoms with E-state index in [0.717, 1.165) is 6.08 Å². The molecular formula is C23H23BF2O6. The van der Waals surface area contributed by atoms with Gasteiger partial charge in [0.15, 0.2) is 28.8 Å². The molecule has 0 N–H and O–H groups in total. The molecule has 2 rings (SSSR count). The number of carbonyl (C=O) groups is 1. The molecule has 2 aromatic carbocycles. The van der Waals surface area contributed by atoms with Gasteiger partial charge in [0.05, 0.1) is 28.4 Å². The molecule has 0 spiro atoms. The van der Waals surface area contributed by atoms with Gasteiger partial charge in [-0.15, -0.1) is 0 Å². The zero-order chi connectivity index (χ0) is 23.5. The van der Waals surface area contributed by atoms with E-state index in [9.17, 15) is 13.4 Å². The number of ketones is 1. The van der Waals surface area contributed by atoms with Crippen LogP contribution in [-0.2, 0) is 9.45 Å². The van der Waals surface area contributed by atoms with Crippen molar-refractivity contribution in [2.75, 3.05) is 28.4 Å². The fraction of sp³-hybridized carbons (Fsp3) is 0.174. The lowest BCUT2D eigenvalue weighted by Gasteiger charge is -2.10. The molecule has 0 atom stereocenters. The van der Waals surface area contributed by atoms with Crippen molar-refractivity contribution in [1.82, 2.24) is 0 Å². The van der Waals surface area contributed by atoms with E-state index in [1.165, 1.54) is 52.7 Å². The highest BCUT2D eigenvalue weighted by molar-refractivity contribution is 6.35. The van der Waals surface area contributed by atoms with Crippen LogP contribution in [0.4, 0.5) is 8.63 Å². The van der Waals surface area contributed by atoms with Gasteiger partial charge in [0, 0.05) is 17.2 Å². The zero-order valence-electron chi connectivity index (χ0n) is 18.1. The third-order valence-electron chi connectivity index (χ3n) is 4.23. The third kappa shape index (κ3) is 6.63. The maximum Gasteiger partial charge on any atom is 0.796 e. The van der Waals surface area contributed by atoms with E-state index in [0.29, 0.717) is 34.1 Å². The fourth-order valence-electron chi connectivity index (χ4n) is 2.84. The van der Waals surface area contributed by atoms with Gasteiger partial charge in [-0.3, -0.25) is 4.79 Å². The second-order valence-corrected chi connectivity index (χ2v) is 6.16. The summed E-state index contributed by atoms with van der Waals surface area (Å²) in [6.45, 7) is 0. The van der Waals surface area contributed by atoms with Crippen LogP contribution in [0.15, 0.2) is 60.4 Å². The Morgan fingerprint density at radius 1 is 0.781 bits per heavy atom. The summed E-state index contributed by atoms with van der Waals surface area (Å²) in [5.74, 6) is 0.941. The van der Waals surface area contributed by atoms with Gasteiger partial charge >= 0.3 is 7.47 Å². The summed E-state index contributed by atoms with van der Waals surface area (Å²) in [5, 5.41) is 0. The molecule has 0 aromatic heterocycles. The van der Waals surface area contributed by atoms with E-state index in [2.05, 4.69) is 4.65 Å². The third-order valence-corrected chi connectivity index (χ3v) is 4.23. The quantitative estimate of drug-likeness (QED) is 0.214. The highest BCUT2D eigenvalue weighted by Crippen LogP contribution is 2.32. The van der Waals surface area contributed by atoms with E-state index in [-0.39, 0.29) is 5.76 Å². The Kier molecular flexibility index (Phi) is 9.34. The zero-order valence-corrected chi connectivity index (χ0v) is 18.1. The van der Waals surface area contributed by atoms with Crippen molar-refractivity contribution in [3.63, 3.8) is 0 Å². The molecule has 0 amide bonds. The van der Waals surface area contributed by atoms with Crippen molar-refractivity contribution in [1.29, 1.82) is 0 Å². The second-order valence-electron chi connectivity index (χ2n) is 6.16. The standard InChI is InChI=1S/C23H23BF2O6/c1-28-20-9-5-7-16(22(20)30-3)11-13-18(27)15-19(32-24(25)26)14-12-17-8-6-10-21(29-2)23(17)31-4/h5-15H,1-4H3/b13-11+,14-12+,19-15-. The minimum atomic E-state index is -3.10. The van der Waals surface area contributed by atoms with Crippen LogP contribution >= 0.6 is 0 Å². The summed E-state index contributed by atoms with van der Waals surface area (Å²) in [4.78, 5) is 12.4. The lowest BCUT2D eigenvalue weighted by atomic mass is 10.1. The van der Waals surface area contributed by atoms with E-state index < -0.39 is 13.3 Å². The Hall–Kier alpha value is -3.75. The Labute approximate surface area is 185 Å². The van der Waals surface area contributed by atoms with Gasteiger partial charge in [0.25, 0.3) is 0 Å². The monoisotopic (exact) mass is 444 g/mol. The number of para-hydroxylation sites is 2. The largest absolute Gasteiger partial charge is 0.796 e. The first-order valence-corrected chi connectivity index (χ1v) is 9.42. The molecule has 0 aliphatic heterocycles. The molecule has 0 aliphatic carbocycles. The van der Waals surface area contributed by atoms with Crippen molar-refractivity contribution < 1.29 is 37.0 Å². The Morgan fingerprint density at radius 2 is 1.28 bits per heavy atom. The Balaban J connectivity index is 2.30. The van der Waals surface area contributed by atoms with Gasteiger partial charge < -0.3 is 23.6 Å². The SMILES string of the molecule is COc1cccc(/C=C/C(=O)/C=C(/C=C/c2cccc(OC)c2OC)OB(F)F)c1OC.